The van der Waals surface area contributed by atoms with Crippen molar-refractivity contribution in [2.24, 2.45) is 0 Å². The second kappa shape index (κ2) is 4.72. The normalized spacial score (nSPS) is 10.1. The Kier molecular flexibility index (Phi) is 3.54. The smallest absolute Gasteiger partial charge is 0.326 e. The van der Waals surface area contributed by atoms with E-state index in [0.29, 0.717) is 0 Å². The molecule has 3 rings (SSSR count). The number of hydrogen-bond acceptors (Lipinski definition) is 1. The van der Waals surface area contributed by atoms with E-state index in [0.717, 1.165) is 21.8 Å². The van der Waals surface area contributed by atoms with Crippen molar-refractivity contribution in [3.8, 4) is 0 Å². The molecule has 0 N–H and O–H groups in total. The molecule has 0 aliphatic heterocycles. The molecular weight excluding hydrogens is 209 g/mol. The Morgan fingerprint density at radius 3 is 1.73 bits per heavy atom. The quantitative estimate of drug-likeness (QED) is 0.298. The van der Waals surface area contributed by atoms with Gasteiger partial charge in [0.2, 0.25) is 0 Å². The molecular formula is C13H8KN. The molecule has 0 radical (unpaired) electrons. The van der Waals surface area contributed by atoms with Gasteiger partial charge in [0, 0.05) is 0 Å². The van der Waals surface area contributed by atoms with Crippen LogP contribution in [0.1, 0.15) is 0 Å². The predicted molar refractivity (Wildman–Crippen MR) is 58.1 cm³/mol. The summed E-state index contributed by atoms with van der Waals surface area (Å²) in [5, 5.41) is 2.15. The molecule has 15 heavy (non-hydrogen) atoms. The topological polar surface area (TPSA) is 12.9 Å². The van der Waals surface area contributed by atoms with Crippen LogP contribution in [0.15, 0.2) is 48.5 Å². The number of benzene rings is 2. The maximum absolute atomic E-state index is 4.55. The van der Waals surface area contributed by atoms with E-state index >= 15 is 0 Å². The Bertz CT molecular complexity index is 499. The van der Waals surface area contributed by atoms with Crippen molar-refractivity contribution >= 4 is 21.8 Å². The minimum atomic E-state index is 0. The third-order valence-electron chi connectivity index (χ3n) is 2.32. The Balaban J connectivity index is 0.000000853. The van der Waals surface area contributed by atoms with Gasteiger partial charge in [-0.25, -0.2) is 0 Å². The second-order valence-corrected chi connectivity index (χ2v) is 3.27. The first kappa shape index (κ1) is 11.2. The summed E-state index contributed by atoms with van der Waals surface area (Å²) < 4.78 is 0. The van der Waals surface area contributed by atoms with Gasteiger partial charge >= 0.3 is 51.4 Å². The number of hydrogen-bond donors (Lipinski definition) is 0. The number of pyridine rings is 1. The van der Waals surface area contributed by atoms with Gasteiger partial charge in [0.1, 0.15) is 0 Å². The zero-order valence-electron chi connectivity index (χ0n) is 8.57. The number of para-hydroxylation sites is 2. The maximum atomic E-state index is 4.55. The van der Waals surface area contributed by atoms with Crippen molar-refractivity contribution in [2.45, 2.75) is 0 Å². The van der Waals surface area contributed by atoms with Gasteiger partial charge in [-0.05, 0) is 11.0 Å². The summed E-state index contributed by atoms with van der Waals surface area (Å²) in [4.78, 5) is 4.55. The summed E-state index contributed by atoms with van der Waals surface area (Å²) in [5.74, 6) is 0. The minimum Gasteiger partial charge on any atom is -0.326 e. The van der Waals surface area contributed by atoms with Crippen molar-refractivity contribution in [1.82, 2.24) is 4.98 Å². The average molecular weight is 217 g/mol. The van der Waals surface area contributed by atoms with E-state index < -0.39 is 0 Å². The van der Waals surface area contributed by atoms with E-state index in [2.05, 4.69) is 11.1 Å². The average Bonchev–Trinajstić information content (AvgIpc) is 2.26. The van der Waals surface area contributed by atoms with E-state index in [1.54, 1.807) is 0 Å². The maximum Gasteiger partial charge on any atom is 1.00 e. The molecule has 1 aromatic heterocycles. The molecule has 0 saturated carbocycles. The molecule has 0 atom stereocenters. The van der Waals surface area contributed by atoms with Crippen molar-refractivity contribution in [3.63, 3.8) is 0 Å². The van der Waals surface area contributed by atoms with Crippen LogP contribution in [0.2, 0.25) is 0 Å². The number of aromatic nitrogens is 1. The molecule has 0 saturated heterocycles. The van der Waals surface area contributed by atoms with Gasteiger partial charge in [0.25, 0.3) is 0 Å². The fraction of sp³-hybridized carbons (Fsp3) is 0. The van der Waals surface area contributed by atoms with Crippen molar-refractivity contribution < 1.29 is 51.4 Å². The van der Waals surface area contributed by atoms with E-state index in [1.807, 2.05) is 48.5 Å². The Morgan fingerprint density at radius 2 is 1.20 bits per heavy atom. The standard InChI is InChI=1S/C13H8N.K/c1-3-7-12-10(5-1)9-11-6-2-4-8-13(11)14-12;/h1-8H;/q-1;+1. The summed E-state index contributed by atoms with van der Waals surface area (Å²) in [7, 11) is 0. The van der Waals surface area contributed by atoms with Crippen LogP contribution in [0, 0.1) is 6.07 Å². The van der Waals surface area contributed by atoms with Gasteiger partial charge in [-0.15, -0.1) is 18.2 Å². The fourth-order valence-electron chi connectivity index (χ4n) is 1.63. The van der Waals surface area contributed by atoms with Gasteiger partial charge < -0.3 is 4.98 Å². The molecule has 1 heterocycles. The summed E-state index contributed by atoms with van der Waals surface area (Å²) in [5.41, 5.74) is 2.01. The molecule has 0 unspecified atom stereocenters. The molecule has 0 aliphatic rings. The first-order chi connectivity index (χ1) is 6.93. The number of nitrogens with zero attached hydrogens (tertiary/aromatic N) is 1. The zero-order chi connectivity index (χ0) is 9.38. The van der Waals surface area contributed by atoms with Crippen molar-refractivity contribution in [3.05, 3.63) is 54.6 Å². The summed E-state index contributed by atoms with van der Waals surface area (Å²) >= 11 is 0. The number of fused-ring (bicyclic) bond motifs is 2. The summed E-state index contributed by atoms with van der Waals surface area (Å²) in [6.07, 6.45) is 0. The van der Waals surface area contributed by atoms with Crippen LogP contribution in [0.25, 0.3) is 21.8 Å². The third-order valence-corrected chi connectivity index (χ3v) is 2.32. The third kappa shape index (κ3) is 2.14. The van der Waals surface area contributed by atoms with Gasteiger partial charge in [-0.2, -0.15) is 0 Å². The van der Waals surface area contributed by atoms with E-state index in [4.69, 9.17) is 0 Å². The van der Waals surface area contributed by atoms with Gasteiger partial charge in [0.15, 0.2) is 0 Å². The van der Waals surface area contributed by atoms with Crippen LogP contribution in [0.3, 0.4) is 0 Å². The second-order valence-electron chi connectivity index (χ2n) is 3.27. The van der Waals surface area contributed by atoms with Crippen molar-refractivity contribution in [2.75, 3.05) is 0 Å². The first-order valence-corrected chi connectivity index (χ1v) is 4.60. The minimum absolute atomic E-state index is 0. The van der Waals surface area contributed by atoms with Crippen molar-refractivity contribution in [1.29, 1.82) is 0 Å². The molecule has 1 nitrogen and oxygen atoms in total. The summed E-state index contributed by atoms with van der Waals surface area (Å²) in [6, 6.07) is 19.5. The largest absolute Gasteiger partial charge is 1.00 e. The molecule has 2 aromatic carbocycles. The van der Waals surface area contributed by atoms with Gasteiger partial charge in [-0.3, -0.25) is 0 Å². The SMILES string of the molecule is [K+].[c-]1c2ccccc2nc2ccccc12. The molecule has 0 aliphatic carbocycles. The van der Waals surface area contributed by atoms with E-state index in [-0.39, 0.29) is 51.4 Å². The Morgan fingerprint density at radius 1 is 0.733 bits per heavy atom. The first-order valence-electron chi connectivity index (χ1n) is 4.60. The van der Waals surface area contributed by atoms with Crippen LogP contribution >= 0.6 is 0 Å². The molecule has 3 aromatic rings. The van der Waals surface area contributed by atoms with Crippen LogP contribution in [0.4, 0.5) is 0 Å². The van der Waals surface area contributed by atoms with E-state index in [9.17, 15) is 0 Å². The Hall–Kier alpha value is -0.254. The molecule has 2 heteroatoms. The molecule has 0 amide bonds. The predicted octanol–water partition coefficient (Wildman–Crippen LogP) is 0.192. The van der Waals surface area contributed by atoms with E-state index in [1.165, 1.54) is 0 Å². The summed E-state index contributed by atoms with van der Waals surface area (Å²) in [6.45, 7) is 0. The van der Waals surface area contributed by atoms with Gasteiger partial charge in [0.05, 0.1) is 0 Å². The van der Waals surface area contributed by atoms with Crippen LogP contribution in [-0.4, -0.2) is 4.98 Å². The molecule has 66 valence electrons. The zero-order valence-corrected chi connectivity index (χ0v) is 11.7. The van der Waals surface area contributed by atoms with Crippen LogP contribution < -0.4 is 51.4 Å². The molecule has 0 bridgehead atoms. The monoisotopic (exact) mass is 217 g/mol. The van der Waals surface area contributed by atoms with Crippen LogP contribution in [-0.2, 0) is 0 Å². The number of rotatable bonds is 0. The van der Waals surface area contributed by atoms with Crippen LogP contribution in [0.5, 0.6) is 0 Å². The Labute approximate surface area is 131 Å². The molecule has 0 fully saturated rings. The molecule has 0 spiro atoms. The fourth-order valence-corrected chi connectivity index (χ4v) is 1.63. The van der Waals surface area contributed by atoms with Gasteiger partial charge in [-0.1, -0.05) is 47.2 Å².